The fourth-order valence-corrected chi connectivity index (χ4v) is 3.75. The average molecular weight is 456 g/mol. The highest BCUT2D eigenvalue weighted by Crippen LogP contribution is 2.17. The predicted octanol–water partition coefficient (Wildman–Crippen LogP) is 1.28. The van der Waals surface area contributed by atoms with Gasteiger partial charge in [0.15, 0.2) is 0 Å². The number of nitrogens with two attached hydrogens (primary N) is 1. The van der Waals surface area contributed by atoms with Crippen LogP contribution in [0.5, 0.6) is 5.75 Å². The summed E-state index contributed by atoms with van der Waals surface area (Å²) >= 11 is 0. The highest BCUT2D eigenvalue weighted by Gasteiger charge is 2.30. The maximum absolute atomic E-state index is 13.3. The number of carbonyl (C=O) groups excluding carboxylic acids is 2. The van der Waals surface area contributed by atoms with Crippen molar-refractivity contribution in [2.24, 2.45) is 5.73 Å². The lowest BCUT2D eigenvalue weighted by atomic mass is 10.0. The van der Waals surface area contributed by atoms with Crippen molar-refractivity contribution < 1.29 is 29.3 Å². The van der Waals surface area contributed by atoms with Crippen LogP contribution in [0.1, 0.15) is 34.3 Å². The first-order chi connectivity index (χ1) is 15.9. The van der Waals surface area contributed by atoms with E-state index in [1.54, 1.807) is 41.3 Å². The zero-order valence-electron chi connectivity index (χ0n) is 18.3. The van der Waals surface area contributed by atoms with E-state index < -0.39 is 12.0 Å². The van der Waals surface area contributed by atoms with Crippen LogP contribution < -0.4 is 11.1 Å². The molecule has 0 aliphatic carbocycles. The van der Waals surface area contributed by atoms with Crippen molar-refractivity contribution in [3.8, 4) is 5.75 Å². The molecule has 1 aliphatic heterocycles. The Morgan fingerprint density at radius 2 is 1.64 bits per heavy atom. The molecule has 0 radical (unpaired) electrons. The van der Waals surface area contributed by atoms with Crippen LogP contribution in [-0.2, 0) is 27.3 Å². The number of ether oxygens (including phenoxy) is 1. The summed E-state index contributed by atoms with van der Waals surface area (Å²) in [5.74, 6) is -1.49. The van der Waals surface area contributed by atoms with Crippen molar-refractivity contribution in [1.82, 2.24) is 10.2 Å². The number of carboxylic acid groups (broad SMARTS) is 1. The number of rotatable bonds is 9. The van der Waals surface area contributed by atoms with E-state index in [0.717, 1.165) is 11.1 Å². The van der Waals surface area contributed by atoms with E-state index in [9.17, 15) is 19.5 Å². The molecule has 3 rings (SSSR count). The third-order valence-corrected chi connectivity index (χ3v) is 5.63. The van der Waals surface area contributed by atoms with E-state index in [0.29, 0.717) is 38.0 Å². The van der Waals surface area contributed by atoms with Crippen molar-refractivity contribution in [3.05, 3.63) is 65.2 Å². The molecular formula is C24H29N3O6. The maximum atomic E-state index is 13.3. The topological polar surface area (TPSA) is 142 Å². The molecule has 5 N–H and O–H groups in total. The van der Waals surface area contributed by atoms with Crippen LogP contribution in [0, 0.1) is 0 Å². The highest BCUT2D eigenvalue weighted by molar-refractivity contribution is 5.97. The summed E-state index contributed by atoms with van der Waals surface area (Å²) in [5, 5.41) is 21.2. The van der Waals surface area contributed by atoms with E-state index in [-0.39, 0.29) is 36.7 Å². The molecule has 1 fully saturated rings. The van der Waals surface area contributed by atoms with Gasteiger partial charge in [0.2, 0.25) is 5.91 Å². The zero-order valence-corrected chi connectivity index (χ0v) is 18.3. The van der Waals surface area contributed by atoms with Crippen LogP contribution in [0.25, 0.3) is 0 Å². The van der Waals surface area contributed by atoms with Gasteiger partial charge in [0.1, 0.15) is 18.4 Å². The minimum atomic E-state index is -1.02. The number of piperidine rings is 1. The summed E-state index contributed by atoms with van der Waals surface area (Å²) in [6.45, 7) is 0.837. The molecule has 1 atom stereocenters. The monoisotopic (exact) mass is 455 g/mol. The summed E-state index contributed by atoms with van der Waals surface area (Å²) in [5.41, 5.74) is 7.74. The third kappa shape index (κ3) is 7.03. The minimum absolute atomic E-state index is 0.120. The SMILES string of the molecule is NCc1ccc(C(=O)NC(Cc2ccc(O)cc2)C(=O)N2CCC(OCC(=O)O)CC2)cc1. The van der Waals surface area contributed by atoms with Crippen LogP contribution >= 0.6 is 0 Å². The Kier molecular flexibility index (Phi) is 8.39. The molecule has 9 nitrogen and oxygen atoms in total. The molecule has 2 aromatic rings. The normalized spacial score (nSPS) is 15.1. The standard InChI is InChI=1S/C24H29N3O6/c25-14-17-1-5-18(6-2-17)23(31)26-21(13-16-3-7-19(28)8-4-16)24(32)27-11-9-20(10-12-27)33-15-22(29)30/h1-8,20-21,28H,9-15,25H2,(H,26,31)(H,29,30). The van der Waals surface area contributed by atoms with Gasteiger partial charge in [-0.1, -0.05) is 24.3 Å². The number of likely N-dealkylation sites (tertiary alicyclic amines) is 1. The van der Waals surface area contributed by atoms with Crippen molar-refractivity contribution in [1.29, 1.82) is 0 Å². The first kappa shape index (κ1) is 24.2. The second kappa shape index (κ2) is 11.4. The van der Waals surface area contributed by atoms with Crippen molar-refractivity contribution >= 4 is 17.8 Å². The van der Waals surface area contributed by atoms with E-state index in [4.69, 9.17) is 15.6 Å². The van der Waals surface area contributed by atoms with Gasteiger partial charge in [-0.15, -0.1) is 0 Å². The van der Waals surface area contributed by atoms with E-state index in [2.05, 4.69) is 5.32 Å². The fraction of sp³-hybridized carbons (Fsp3) is 0.375. The molecule has 2 aromatic carbocycles. The first-order valence-electron chi connectivity index (χ1n) is 10.9. The van der Waals surface area contributed by atoms with E-state index in [1.165, 1.54) is 12.1 Å². The van der Waals surface area contributed by atoms with Gasteiger partial charge in [0, 0.05) is 31.6 Å². The number of aromatic hydroxyl groups is 1. The predicted molar refractivity (Wildman–Crippen MR) is 121 cm³/mol. The molecule has 0 saturated carbocycles. The molecule has 2 amide bonds. The summed E-state index contributed by atoms with van der Waals surface area (Å²) in [7, 11) is 0. The quantitative estimate of drug-likeness (QED) is 0.446. The van der Waals surface area contributed by atoms with Crippen molar-refractivity contribution in [2.75, 3.05) is 19.7 Å². The number of hydrogen-bond acceptors (Lipinski definition) is 6. The number of carbonyl (C=O) groups is 3. The van der Waals surface area contributed by atoms with Crippen LogP contribution in [0.4, 0.5) is 0 Å². The second-order valence-corrected chi connectivity index (χ2v) is 8.03. The average Bonchev–Trinajstić information content (AvgIpc) is 2.83. The van der Waals surface area contributed by atoms with E-state index >= 15 is 0 Å². The maximum Gasteiger partial charge on any atom is 0.329 e. The number of phenolic OH excluding ortho intramolecular Hbond substituents is 1. The number of nitrogens with zero attached hydrogens (tertiary/aromatic N) is 1. The zero-order chi connectivity index (χ0) is 23.8. The molecule has 33 heavy (non-hydrogen) atoms. The molecule has 0 aromatic heterocycles. The number of hydrogen-bond donors (Lipinski definition) is 4. The number of nitrogens with one attached hydrogen (secondary N) is 1. The third-order valence-electron chi connectivity index (χ3n) is 5.63. The molecule has 176 valence electrons. The fourth-order valence-electron chi connectivity index (χ4n) is 3.75. The van der Waals surface area contributed by atoms with Crippen LogP contribution in [-0.4, -0.2) is 64.7 Å². The summed E-state index contributed by atoms with van der Waals surface area (Å²) in [6, 6.07) is 12.6. The highest BCUT2D eigenvalue weighted by atomic mass is 16.5. The number of carboxylic acids is 1. The molecule has 1 aliphatic rings. The van der Waals surface area contributed by atoms with Gasteiger partial charge in [-0.2, -0.15) is 0 Å². The number of phenols is 1. The Hall–Kier alpha value is -3.43. The van der Waals surface area contributed by atoms with Crippen LogP contribution in [0.3, 0.4) is 0 Å². The largest absolute Gasteiger partial charge is 0.508 e. The summed E-state index contributed by atoms with van der Waals surface area (Å²) in [6.07, 6.45) is 1.11. The molecule has 9 heteroatoms. The lowest BCUT2D eigenvalue weighted by Gasteiger charge is -2.34. The molecular weight excluding hydrogens is 426 g/mol. The van der Waals surface area contributed by atoms with Crippen LogP contribution in [0.2, 0.25) is 0 Å². The second-order valence-electron chi connectivity index (χ2n) is 8.03. The summed E-state index contributed by atoms with van der Waals surface area (Å²) in [4.78, 5) is 38.6. The van der Waals surface area contributed by atoms with Gasteiger partial charge in [-0.3, -0.25) is 9.59 Å². The van der Waals surface area contributed by atoms with Gasteiger partial charge in [0.25, 0.3) is 5.91 Å². The van der Waals surface area contributed by atoms with Crippen molar-refractivity contribution in [2.45, 2.75) is 38.0 Å². The van der Waals surface area contributed by atoms with E-state index in [1.807, 2.05) is 0 Å². The first-order valence-corrected chi connectivity index (χ1v) is 10.9. The lowest BCUT2D eigenvalue weighted by molar-refractivity contribution is -0.147. The molecule has 1 unspecified atom stereocenters. The van der Waals surface area contributed by atoms with Gasteiger partial charge in [0.05, 0.1) is 6.10 Å². The lowest BCUT2D eigenvalue weighted by Crippen LogP contribution is -2.52. The Morgan fingerprint density at radius 3 is 2.21 bits per heavy atom. The van der Waals surface area contributed by atoms with Gasteiger partial charge < -0.3 is 30.9 Å². The van der Waals surface area contributed by atoms with Gasteiger partial charge in [-0.05, 0) is 48.2 Å². The molecule has 0 bridgehead atoms. The molecule has 1 saturated heterocycles. The number of benzene rings is 2. The Labute approximate surface area is 192 Å². The molecule has 1 heterocycles. The summed E-state index contributed by atoms with van der Waals surface area (Å²) < 4.78 is 5.34. The minimum Gasteiger partial charge on any atom is -0.508 e. The van der Waals surface area contributed by atoms with Crippen molar-refractivity contribution in [3.63, 3.8) is 0 Å². The Bertz CT molecular complexity index is 953. The van der Waals surface area contributed by atoms with Crippen LogP contribution in [0.15, 0.2) is 48.5 Å². The Morgan fingerprint density at radius 1 is 1.03 bits per heavy atom. The van der Waals surface area contributed by atoms with Gasteiger partial charge in [-0.25, -0.2) is 4.79 Å². The van der Waals surface area contributed by atoms with Gasteiger partial charge >= 0.3 is 5.97 Å². The Balaban J connectivity index is 1.69. The smallest absolute Gasteiger partial charge is 0.329 e. The number of amides is 2. The number of aliphatic carboxylic acids is 1. The molecule has 0 spiro atoms.